The standard InChI is InChI=1S/C18H23NO3/c1-20-15-7-4-13(5-8-15)16(10-11-19)14-6-9-17(21-2)18(12-14)22-3/h4-9,12,16H,10-11,19H2,1-3H3. The highest BCUT2D eigenvalue weighted by Gasteiger charge is 2.16. The van der Waals surface area contributed by atoms with Gasteiger partial charge in [0.2, 0.25) is 0 Å². The Morgan fingerprint density at radius 3 is 2.00 bits per heavy atom. The Hall–Kier alpha value is -2.20. The molecule has 0 spiro atoms. The van der Waals surface area contributed by atoms with E-state index in [1.165, 1.54) is 5.56 Å². The highest BCUT2D eigenvalue weighted by atomic mass is 16.5. The van der Waals surface area contributed by atoms with E-state index in [1.807, 2.05) is 24.3 Å². The van der Waals surface area contributed by atoms with Crippen LogP contribution < -0.4 is 19.9 Å². The highest BCUT2D eigenvalue weighted by molar-refractivity contribution is 5.46. The summed E-state index contributed by atoms with van der Waals surface area (Å²) in [5.41, 5.74) is 8.17. The summed E-state index contributed by atoms with van der Waals surface area (Å²) in [5, 5.41) is 0. The van der Waals surface area contributed by atoms with Crippen LogP contribution in [-0.2, 0) is 0 Å². The van der Waals surface area contributed by atoms with Crippen LogP contribution in [0.3, 0.4) is 0 Å². The van der Waals surface area contributed by atoms with E-state index < -0.39 is 0 Å². The van der Waals surface area contributed by atoms with Crippen molar-refractivity contribution in [3.05, 3.63) is 53.6 Å². The van der Waals surface area contributed by atoms with Gasteiger partial charge in [0.25, 0.3) is 0 Å². The van der Waals surface area contributed by atoms with Gasteiger partial charge in [0.15, 0.2) is 11.5 Å². The first kappa shape index (κ1) is 16.2. The molecule has 0 fully saturated rings. The zero-order valence-electron chi connectivity index (χ0n) is 13.3. The molecule has 0 aliphatic rings. The Balaban J connectivity index is 2.38. The first-order valence-corrected chi connectivity index (χ1v) is 7.29. The first-order valence-electron chi connectivity index (χ1n) is 7.29. The van der Waals surface area contributed by atoms with Gasteiger partial charge < -0.3 is 19.9 Å². The molecule has 0 aliphatic carbocycles. The number of methoxy groups -OCH3 is 3. The predicted octanol–water partition coefficient (Wildman–Crippen LogP) is 3.19. The number of nitrogens with two attached hydrogens (primary N) is 1. The van der Waals surface area contributed by atoms with Gasteiger partial charge in [-0.25, -0.2) is 0 Å². The lowest BCUT2D eigenvalue weighted by molar-refractivity contribution is 0.354. The third-order valence-corrected chi connectivity index (χ3v) is 3.78. The van der Waals surface area contributed by atoms with Crippen LogP contribution in [0.25, 0.3) is 0 Å². The van der Waals surface area contributed by atoms with Gasteiger partial charge in [0.05, 0.1) is 21.3 Å². The monoisotopic (exact) mass is 301 g/mol. The van der Waals surface area contributed by atoms with Crippen molar-refractivity contribution in [2.75, 3.05) is 27.9 Å². The van der Waals surface area contributed by atoms with Gasteiger partial charge in [0.1, 0.15) is 5.75 Å². The van der Waals surface area contributed by atoms with E-state index in [0.717, 1.165) is 29.2 Å². The van der Waals surface area contributed by atoms with Gasteiger partial charge in [-0.05, 0) is 48.4 Å². The van der Waals surface area contributed by atoms with Gasteiger partial charge in [-0.15, -0.1) is 0 Å². The molecule has 0 heterocycles. The lowest BCUT2D eigenvalue weighted by Gasteiger charge is -2.19. The topological polar surface area (TPSA) is 53.7 Å². The van der Waals surface area contributed by atoms with Crippen LogP contribution in [0.2, 0.25) is 0 Å². The van der Waals surface area contributed by atoms with Crippen molar-refractivity contribution in [3.8, 4) is 17.2 Å². The lowest BCUT2D eigenvalue weighted by atomic mass is 9.88. The molecule has 0 aromatic heterocycles. The van der Waals surface area contributed by atoms with Gasteiger partial charge in [-0.2, -0.15) is 0 Å². The van der Waals surface area contributed by atoms with E-state index in [0.29, 0.717) is 6.54 Å². The summed E-state index contributed by atoms with van der Waals surface area (Å²) in [6.07, 6.45) is 0.863. The normalized spacial score (nSPS) is 11.8. The number of hydrogen-bond acceptors (Lipinski definition) is 4. The number of hydrogen-bond donors (Lipinski definition) is 1. The van der Waals surface area contributed by atoms with Crippen molar-refractivity contribution in [2.24, 2.45) is 5.73 Å². The fourth-order valence-electron chi connectivity index (χ4n) is 2.60. The Labute approximate surface area is 131 Å². The molecule has 4 nitrogen and oxygen atoms in total. The molecule has 0 bridgehead atoms. The summed E-state index contributed by atoms with van der Waals surface area (Å²) < 4.78 is 15.9. The summed E-state index contributed by atoms with van der Waals surface area (Å²) in [6, 6.07) is 14.1. The van der Waals surface area contributed by atoms with Crippen molar-refractivity contribution < 1.29 is 14.2 Å². The molecule has 4 heteroatoms. The molecule has 2 rings (SSSR count). The van der Waals surface area contributed by atoms with Crippen molar-refractivity contribution in [3.63, 3.8) is 0 Å². The molecular formula is C18H23NO3. The second-order valence-electron chi connectivity index (χ2n) is 5.02. The average Bonchev–Trinajstić information content (AvgIpc) is 2.59. The third-order valence-electron chi connectivity index (χ3n) is 3.78. The van der Waals surface area contributed by atoms with Crippen molar-refractivity contribution >= 4 is 0 Å². The van der Waals surface area contributed by atoms with Crippen LogP contribution >= 0.6 is 0 Å². The third kappa shape index (κ3) is 3.52. The molecule has 1 atom stereocenters. The first-order chi connectivity index (χ1) is 10.7. The lowest BCUT2D eigenvalue weighted by Crippen LogP contribution is -2.09. The van der Waals surface area contributed by atoms with Gasteiger partial charge in [-0.1, -0.05) is 18.2 Å². The molecule has 2 N–H and O–H groups in total. The molecule has 2 aromatic rings. The van der Waals surface area contributed by atoms with Crippen LogP contribution in [-0.4, -0.2) is 27.9 Å². The number of ether oxygens (including phenoxy) is 3. The fourth-order valence-corrected chi connectivity index (χ4v) is 2.60. The van der Waals surface area contributed by atoms with Crippen LogP contribution in [0, 0.1) is 0 Å². The Bertz CT molecular complexity index is 596. The second kappa shape index (κ2) is 7.71. The molecule has 0 saturated carbocycles. The van der Waals surface area contributed by atoms with E-state index >= 15 is 0 Å². The molecule has 1 unspecified atom stereocenters. The molecule has 118 valence electrons. The summed E-state index contributed by atoms with van der Waals surface area (Å²) in [5.74, 6) is 2.53. The van der Waals surface area contributed by atoms with Crippen molar-refractivity contribution in [1.82, 2.24) is 0 Å². The fraction of sp³-hybridized carbons (Fsp3) is 0.333. The van der Waals surface area contributed by atoms with E-state index in [1.54, 1.807) is 21.3 Å². The molecule has 0 radical (unpaired) electrons. The average molecular weight is 301 g/mol. The minimum atomic E-state index is 0.218. The summed E-state index contributed by atoms with van der Waals surface area (Å²) >= 11 is 0. The van der Waals surface area contributed by atoms with Gasteiger partial charge >= 0.3 is 0 Å². The van der Waals surface area contributed by atoms with Crippen LogP contribution in [0.15, 0.2) is 42.5 Å². The molecule has 22 heavy (non-hydrogen) atoms. The van der Waals surface area contributed by atoms with E-state index in [-0.39, 0.29) is 5.92 Å². The molecule has 2 aromatic carbocycles. The van der Waals surface area contributed by atoms with Crippen molar-refractivity contribution in [2.45, 2.75) is 12.3 Å². The molecular weight excluding hydrogens is 278 g/mol. The number of benzene rings is 2. The highest BCUT2D eigenvalue weighted by Crippen LogP contribution is 2.35. The smallest absolute Gasteiger partial charge is 0.161 e. The SMILES string of the molecule is COc1ccc(C(CCN)c2ccc(OC)c(OC)c2)cc1. The molecule has 0 saturated heterocycles. The maximum Gasteiger partial charge on any atom is 0.161 e. The maximum atomic E-state index is 5.81. The minimum Gasteiger partial charge on any atom is -0.497 e. The van der Waals surface area contributed by atoms with E-state index in [9.17, 15) is 0 Å². The van der Waals surface area contributed by atoms with Crippen LogP contribution in [0.4, 0.5) is 0 Å². The Morgan fingerprint density at radius 1 is 0.818 bits per heavy atom. The summed E-state index contributed by atoms with van der Waals surface area (Å²) in [4.78, 5) is 0. The zero-order chi connectivity index (χ0) is 15.9. The van der Waals surface area contributed by atoms with Gasteiger partial charge in [-0.3, -0.25) is 0 Å². The van der Waals surface area contributed by atoms with E-state index in [4.69, 9.17) is 19.9 Å². The number of rotatable bonds is 7. The maximum absolute atomic E-state index is 5.81. The molecule has 0 aliphatic heterocycles. The quantitative estimate of drug-likeness (QED) is 0.853. The van der Waals surface area contributed by atoms with Crippen LogP contribution in [0.1, 0.15) is 23.5 Å². The Morgan fingerprint density at radius 2 is 1.45 bits per heavy atom. The minimum absolute atomic E-state index is 0.218. The summed E-state index contributed by atoms with van der Waals surface area (Å²) in [7, 11) is 4.95. The second-order valence-corrected chi connectivity index (χ2v) is 5.02. The molecule has 0 amide bonds. The largest absolute Gasteiger partial charge is 0.497 e. The van der Waals surface area contributed by atoms with E-state index in [2.05, 4.69) is 18.2 Å². The van der Waals surface area contributed by atoms with Crippen molar-refractivity contribution in [1.29, 1.82) is 0 Å². The van der Waals surface area contributed by atoms with Gasteiger partial charge in [0, 0.05) is 5.92 Å². The van der Waals surface area contributed by atoms with Crippen LogP contribution in [0.5, 0.6) is 17.2 Å². The predicted molar refractivity (Wildman–Crippen MR) is 88.1 cm³/mol. The zero-order valence-corrected chi connectivity index (χ0v) is 13.3. The Kier molecular flexibility index (Phi) is 5.67. The summed E-state index contributed by atoms with van der Waals surface area (Å²) in [6.45, 7) is 0.616.